The number of benzene rings is 2. The summed E-state index contributed by atoms with van der Waals surface area (Å²) in [6, 6.07) is 11.9. The van der Waals surface area contributed by atoms with Crippen LogP contribution < -0.4 is 5.32 Å². The van der Waals surface area contributed by atoms with E-state index in [1.807, 2.05) is 48.5 Å². The Morgan fingerprint density at radius 2 is 1.71 bits per heavy atom. The molecule has 6 nitrogen and oxygen atoms in total. The van der Waals surface area contributed by atoms with E-state index in [1.54, 1.807) is 5.32 Å². The lowest BCUT2D eigenvalue weighted by molar-refractivity contribution is -0.140. The summed E-state index contributed by atoms with van der Waals surface area (Å²) in [5.41, 5.74) is 3.90. The number of amides is 1. The number of carboxylic acid groups (broad SMARTS) is 1. The summed E-state index contributed by atoms with van der Waals surface area (Å²) in [4.78, 5) is 23.1. The van der Waals surface area contributed by atoms with Gasteiger partial charge in [-0.05, 0) is 22.3 Å². The molecule has 0 bridgehead atoms. The molecule has 1 aliphatic carbocycles. The van der Waals surface area contributed by atoms with Gasteiger partial charge in [-0.25, -0.2) is 9.59 Å². The Bertz CT molecular complexity index is 853. The molecule has 0 saturated carbocycles. The minimum absolute atomic E-state index is 0.135. The maximum Gasteiger partial charge on any atom is 0.407 e. The summed E-state index contributed by atoms with van der Waals surface area (Å²) < 4.78 is 26.8. The van der Waals surface area contributed by atoms with E-state index in [9.17, 15) is 14.7 Å². The molecule has 0 unspecified atom stereocenters. The summed E-state index contributed by atoms with van der Waals surface area (Å²) in [5, 5.41) is 19.9. The lowest BCUT2D eigenvalue weighted by Gasteiger charge is -2.16. The average Bonchev–Trinajstić information content (AvgIpc) is 2.93. The Kier molecular flexibility index (Phi) is 3.51. The Hall–Kier alpha value is -2.86. The topological polar surface area (TPSA) is 95.9 Å². The molecular formula is C18H17NO5. The van der Waals surface area contributed by atoms with Gasteiger partial charge in [-0.1, -0.05) is 48.5 Å². The number of aliphatic carboxylic acids is 1. The molecule has 24 heavy (non-hydrogen) atoms. The zero-order valence-electron chi connectivity index (χ0n) is 15.5. The second kappa shape index (κ2) is 6.72. The molecule has 0 aromatic heterocycles. The van der Waals surface area contributed by atoms with Gasteiger partial charge in [0.25, 0.3) is 0 Å². The van der Waals surface area contributed by atoms with E-state index in [1.165, 1.54) is 0 Å². The van der Waals surface area contributed by atoms with E-state index in [0.29, 0.717) is 0 Å². The minimum Gasteiger partial charge on any atom is -0.480 e. The molecule has 0 heterocycles. The van der Waals surface area contributed by atoms with Crippen LogP contribution in [0.2, 0.25) is 0 Å². The average molecular weight is 330 g/mol. The molecule has 0 radical (unpaired) electrons. The second-order valence-corrected chi connectivity index (χ2v) is 5.24. The standard InChI is InChI=1S/C18H17NO5/c20-9-16(17(21)22)19-18(23)24-10-15-13-7-3-1-5-11(13)12-6-2-4-8-14(12)15/h1-8,15-16,20H,9-10H2,(H,19,23)(H,21,22)/t16-/m0/s1/i9D2,16D. The van der Waals surface area contributed by atoms with Crippen LogP contribution in [0.1, 0.15) is 21.2 Å². The van der Waals surface area contributed by atoms with Crippen LogP contribution in [0.15, 0.2) is 48.5 Å². The monoisotopic (exact) mass is 330 g/mol. The van der Waals surface area contributed by atoms with Crippen molar-refractivity contribution >= 4 is 12.1 Å². The van der Waals surface area contributed by atoms with Crippen molar-refractivity contribution in [2.45, 2.75) is 11.9 Å². The number of hydrogen-bond donors (Lipinski definition) is 3. The van der Waals surface area contributed by atoms with Crippen LogP contribution in [-0.2, 0) is 9.53 Å². The Morgan fingerprint density at radius 1 is 1.17 bits per heavy atom. The minimum atomic E-state index is -3.51. The highest BCUT2D eigenvalue weighted by Crippen LogP contribution is 2.44. The van der Waals surface area contributed by atoms with Gasteiger partial charge in [-0.2, -0.15) is 0 Å². The first-order valence-electron chi connectivity index (χ1n) is 8.74. The van der Waals surface area contributed by atoms with Crippen LogP contribution in [0.4, 0.5) is 4.79 Å². The zero-order valence-corrected chi connectivity index (χ0v) is 12.5. The maximum atomic E-state index is 12.0. The van der Waals surface area contributed by atoms with Gasteiger partial charge in [0.2, 0.25) is 0 Å². The van der Waals surface area contributed by atoms with Crippen LogP contribution >= 0.6 is 0 Å². The third-order valence-electron chi connectivity index (χ3n) is 3.90. The number of alkyl carbamates (subject to hydrolysis) is 1. The zero-order chi connectivity index (χ0) is 19.8. The van der Waals surface area contributed by atoms with E-state index in [2.05, 4.69) is 0 Å². The largest absolute Gasteiger partial charge is 0.480 e. The van der Waals surface area contributed by atoms with Gasteiger partial charge in [-0.15, -0.1) is 0 Å². The number of hydrogen-bond acceptors (Lipinski definition) is 4. The van der Waals surface area contributed by atoms with Gasteiger partial charge < -0.3 is 20.3 Å². The lowest BCUT2D eigenvalue weighted by atomic mass is 9.98. The van der Waals surface area contributed by atoms with Crippen molar-refractivity contribution in [3.05, 3.63) is 59.7 Å². The van der Waals surface area contributed by atoms with E-state index in [4.69, 9.17) is 14.0 Å². The van der Waals surface area contributed by atoms with E-state index in [0.717, 1.165) is 22.3 Å². The smallest absolute Gasteiger partial charge is 0.407 e. The maximum absolute atomic E-state index is 12.0. The van der Waals surface area contributed by atoms with Crippen LogP contribution in [-0.4, -0.2) is 41.5 Å². The molecule has 124 valence electrons. The lowest BCUT2D eigenvalue weighted by Crippen LogP contribution is -2.43. The van der Waals surface area contributed by atoms with Gasteiger partial charge in [0.1, 0.15) is 6.61 Å². The molecule has 2 aromatic carbocycles. The molecule has 6 heteroatoms. The van der Waals surface area contributed by atoms with Crippen molar-refractivity contribution in [1.82, 2.24) is 5.32 Å². The Morgan fingerprint density at radius 3 is 2.21 bits per heavy atom. The molecule has 2 aromatic rings. The highest BCUT2D eigenvalue weighted by atomic mass is 16.5. The SMILES string of the molecule is [2H]C([2H])(O)[C@]([2H])(NC(=O)OCC1c2ccccc2-c2ccccc21)C(=O)O. The van der Waals surface area contributed by atoms with Gasteiger partial charge in [0.05, 0.1) is 10.7 Å². The van der Waals surface area contributed by atoms with Crippen molar-refractivity contribution in [1.29, 1.82) is 0 Å². The molecule has 0 fully saturated rings. The Labute approximate surface area is 142 Å². The first-order valence-corrected chi connectivity index (χ1v) is 7.24. The van der Waals surface area contributed by atoms with Crippen LogP contribution in [0.3, 0.4) is 0 Å². The first kappa shape index (κ1) is 12.5. The summed E-state index contributed by atoms with van der Waals surface area (Å²) >= 11 is 0. The van der Waals surface area contributed by atoms with Gasteiger partial charge in [0, 0.05) is 5.92 Å². The fraction of sp³-hybridized carbons (Fsp3) is 0.222. The third kappa shape index (κ3) is 2.96. The fourth-order valence-corrected chi connectivity index (χ4v) is 2.87. The molecule has 3 rings (SSSR count). The number of carbonyl (C=O) groups excluding carboxylic acids is 1. The van der Waals surface area contributed by atoms with Crippen molar-refractivity contribution in [3.63, 3.8) is 0 Å². The van der Waals surface area contributed by atoms with E-state index in [-0.39, 0.29) is 12.5 Å². The highest BCUT2D eigenvalue weighted by molar-refractivity contribution is 5.81. The van der Waals surface area contributed by atoms with Gasteiger partial charge in [-0.3, -0.25) is 0 Å². The number of carboxylic acids is 1. The Balaban J connectivity index is 1.77. The van der Waals surface area contributed by atoms with Gasteiger partial charge in [0.15, 0.2) is 6.02 Å². The van der Waals surface area contributed by atoms with Crippen molar-refractivity contribution in [2.24, 2.45) is 0 Å². The second-order valence-electron chi connectivity index (χ2n) is 5.24. The summed E-state index contributed by atoms with van der Waals surface area (Å²) in [5.74, 6) is -2.33. The van der Waals surface area contributed by atoms with Crippen LogP contribution in [0.25, 0.3) is 11.1 Å². The normalized spacial score (nSPS) is 17.5. The number of rotatable bonds is 5. The van der Waals surface area contributed by atoms with Crippen molar-refractivity contribution in [2.75, 3.05) is 13.2 Å². The van der Waals surface area contributed by atoms with E-state index < -0.39 is 24.6 Å². The summed E-state index contributed by atoms with van der Waals surface area (Å²) in [7, 11) is 0. The number of aliphatic hydroxyl groups is 1. The molecule has 0 aliphatic heterocycles. The predicted octanol–water partition coefficient (Wildman–Crippen LogP) is 1.97. The molecular weight excluding hydrogens is 310 g/mol. The predicted molar refractivity (Wildman–Crippen MR) is 86.7 cm³/mol. The van der Waals surface area contributed by atoms with Crippen LogP contribution in [0, 0.1) is 0 Å². The fourth-order valence-electron chi connectivity index (χ4n) is 2.87. The van der Waals surface area contributed by atoms with Gasteiger partial charge >= 0.3 is 12.1 Å². The molecule has 1 aliphatic rings. The molecule has 3 N–H and O–H groups in total. The van der Waals surface area contributed by atoms with Crippen molar-refractivity contribution in [3.8, 4) is 11.1 Å². The molecule has 1 atom stereocenters. The first-order chi connectivity index (χ1) is 12.6. The molecule has 1 amide bonds. The van der Waals surface area contributed by atoms with E-state index >= 15 is 0 Å². The molecule has 0 saturated heterocycles. The van der Waals surface area contributed by atoms with Crippen molar-refractivity contribution < 1.29 is 28.7 Å². The number of ether oxygens (including phenoxy) is 1. The molecule has 0 spiro atoms. The summed E-state index contributed by atoms with van der Waals surface area (Å²) in [6.45, 7) is -3.64. The number of carbonyl (C=O) groups is 2. The number of nitrogens with one attached hydrogen (secondary N) is 1. The highest BCUT2D eigenvalue weighted by Gasteiger charge is 2.29. The summed E-state index contributed by atoms with van der Waals surface area (Å²) in [6.07, 6.45) is -1.31. The quantitative estimate of drug-likeness (QED) is 0.779. The van der Waals surface area contributed by atoms with Crippen LogP contribution in [0.5, 0.6) is 0 Å². The number of fused-ring (bicyclic) bond motifs is 3. The third-order valence-corrected chi connectivity index (χ3v) is 3.90.